The van der Waals surface area contributed by atoms with Gasteiger partial charge in [-0.15, -0.1) is 0 Å². The van der Waals surface area contributed by atoms with E-state index in [2.05, 4.69) is 132 Å². The summed E-state index contributed by atoms with van der Waals surface area (Å²) in [6.07, 6.45) is 0. The zero-order valence-corrected chi connectivity index (χ0v) is 36.8. The third-order valence-corrected chi connectivity index (χ3v) is 12.6. The summed E-state index contributed by atoms with van der Waals surface area (Å²) in [7, 11) is 0. The van der Waals surface area contributed by atoms with Crippen molar-refractivity contribution in [3.63, 3.8) is 0 Å². The number of hydrogen-bond acceptors (Lipinski definition) is 4. The summed E-state index contributed by atoms with van der Waals surface area (Å²) in [5.74, 6) is 0.0476. The molecular formula is C42H86O4. The maximum Gasteiger partial charge on any atom is 0.312 e. The van der Waals surface area contributed by atoms with Crippen molar-refractivity contribution < 1.29 is 19.1 Å². The van der Waals surface area contributed by atoms with Crippen LogP contribution in [0.25, 0.3) is 0 Å². The highest BCUT2D eigenvalue weighted by atomic mass is 16.6. The fourth-order valence-corrected chi connectivity index (χ4v) is 4.82. The molecule has 0 fully saturated rings. The van der Waals surface area contributed by atoms with Gasteiger partial charge >= 0.3 is 11.9 Å². The van der Waals surface area contributed by atoms with Gasteiger partial charge in [0, 0.05) is 0 Å². The maximum absolute atomic E-state index is 12.4. The Kier molecular flexibility index (Phi) is 16.3. The van der Waals surface area contributed by atoms with E-state index in [0.717, 1.165) is 0 Å². The molecule has 278 valence electrons. The summed E-state index contributed by atoms with van der Waals surface area (Å²) in [4.78, 5) is 24.2. The predicted molar refractivity (Wildman–Crippen MR) is 203 cm³/mol. The highest BCUT2D eigenvalue weighted by molar-refractivity contribution is 5.77. The molecule has 0 aromatic heterocycles. The van der Waals surface area contributed by atoms with E-state index in [0.29, 0.717) is 27.6 Å². The molecule has 0 amide bonds. The molecule has 0 bridgehead atoms. The van der Waals surface area contributed by atoms with Gasteiger partial charge in [-0.05, 0) is 99.2 Å². The monoisotopic (exact) mass is 655 g/mol. The Morgan fingerprint density at radius 1 is 0.413 bits per heavy atom. The van der Waals surface area contributed by atoms with Crippen LogP contribution >= 0.6 is 0 Å². The van der Waals surface area contributed by atoms with Crippen LogP contribution in [-0.2, 0) is 19.1 Å². The molecule has 0 aromatic carbocycles. The van der Waals surface area contributed by atoms with Gasteiger partial charge in [-0.2, -0.15) is 0 Å². The first-order chi connectivity index (χ1) is 19.3. The standard InChI is InChI=1S/C15H30O2.C14H30.C13H26O2/c1-12(2,3)15(9,10)14(7,8)11(16)17-13(4,5)6;1-11(2,3)13(7,8)14(9,10)12(4,5)6;1-9(10(2)12(3,4)5)11(14)15-13(6,7)8/h1-10H3;1-10H3;9-10H,1-8H3. The highest BCUT2D eigenvalue weighted by Gasteiger charge is 2.52. The number of rotatable bonds is 5. The van der Waals surface area contributed by atoms with Crippen molar-refractivity contribution >= 4 is 11.9 Å². The smallest absolute Gasteiger partial charge is 0.312 e. The highest BCUT2D eigenvalue weighted by Crippen LogP contribution is 2.58. The summed E-state index contributed by atoms with van der Waals surface area (Å²) in [6.45, 7) is 60.4. The molecule has 46 heavy (non-hydrogen) atoms. The van der Waals surface area contributed by atoms with Crippen LogP contribution in [0.15, 0.2) is 0 Å². The predicted octanol–water partition coefficient (Wildman–Crippen LogP) is 13.2. The van der Waals surface area contributed by atoms with Gasteiger partial charge in [0.15, 0.2) is 0 Å². The fraction of sp³-hybridized carbons (Fsp3) is 0.952. The third kappa shape index (κ3) is 13.8. The topological polar surface area (TPSA) is 52.6 Å². The molecule has 4 nitrogen and oxygen atoms in total. The minimum absolute atomic E-state index is 0.0351. The molecule has 0 spiro atoms. The SMILES string of the molecule is CC(C(=O)OC(C)(C)C)C(C)C(C)(C)C.CC(C)(C)C(C)(C)C(C)(C)C(C)(C)C.CC(C)(C)OC(=O)C(C)(C)C(C)(C)C(C)(C)C. The molecule has 4 heteroatoms. The Bertz CT molecular complexity index is 926. The van der Waals surface area contributed by atoms with Gasteiger partial charge < -0.3 is 9.47 Å². The van der Waals surface area contributed by atoms with Gasteiger partial charge in [0.1, 0.15) is 11.2 Å². The van der Waals surface area contributed by atoms with E-state index in [-0.39, 0.29) is 39.7 Å². The Balaban J connectivity index is -0.000000606. The Labute approximate surface area is 290 Å². The number of carbonyl (C=O) groups excluding carboxylic acids is 2. The molecule has 0 rings (SSSR count). The van der Waals surface area contributed by atoms with Crippen LogP contribution in [0.2, 0.25) is 0 Å². The van der Waals surface area contributed by atoms with E-state index in [1.165, 1.54) is 0 Å². The van der Waals surface area contributed by atoms with Crippen LogP contribution in [0.4, 0.5) is 0 Å². The first-order valence-electron chi connectivity index (χ1n) is 17.8. The molecule has 0 heterocycles. The Hall–Kier alpha value is -1.06. The summed E-state index contributed by atoms with van der Waals surface area (Å²) < 4.78 is 10.9. The van der Waals surface area contributed by atoms with Crippen molar-refractivity contribution in [2.75, 3.05) is 0 Å². The van der Waals surface area contributed by atoms with E-state index in [1.54, 1.807) is 0 Å². The summed E-state index contributed by atoms with van der Waals surface area (Å²) in [5, 5.41) is 0. The number of carbonyl (C=O) groups is 2. The quantitative estimate of drug-likeness (QED) is 0.277. The summed E-state index contributed by atoms with van der Waals surface area (Å²) in [5.41, 5.74) is -0.0000855. The lowest BCUT2D eigenvalue weighted by atomic mass is 9.48. The van der Waals surface area contributed by atoms with Crippen LogP contribution in [-0.4, -0.2) is 23.1 Å². The van der Waals surface area contributed by atoms with Crippen molar-refractivity contribution in [3.8, 4) is 0 Å². The molecule has 2 atom stereocenters. The minimum atomic E-state index is -0.515. The molecular weight excluding hydrogens is 568 g/mol. The van der Waals surface area contributed by atoms with Gasteiger partial charge in [0.25, 0.3) is 0 Å². The molecule has 0 aliphatic rings. The maximum atomic E-state index is 12.4. The third-order valence-electron chi connectivity index (χ3n) is 12.6. The largest absolute Gasteiger partial charge is 0.460 e. The van der Waals surface area contributed by atoms with Gasteiger partial charge in [-0.3, -0.25) is 9.59 Å². The normalized spacial score (nSPS) is 15.8. The Morgan fingerprint density at radius 3 is 0.870 bits per heavy atom. The second-order valence-electron chi connectivity index (χ2n) is 22.2. The molecule has 0 aromatic rings. The van der Waals surface area contributed by atoms with Gasteiger partial charge in [0.2, 0.25) is 0 Å². The van der Waals surface area contributed by atoms with Crippen LogP contribution in [0.3, 0.4) is 0 Å². The van der Waals surface area contributed by atoms with Crippen molar-refractivity contribution in [2.45, 2.75) is 205 Å². The first-order valence-corrected chi connectivity index (χ1v) is 17.8. The molecule has 0 saturated carbocycles. The first kappa shape index (κ1) is 49.3. The zero-order valence-electron chi connectivity index (χ0n) is 36.8. The second-order valence-corrected chi connectivity index (χ2v) is 22.2. The van der Waals surface area contributed by atoms with Crippen LogP contribution in [0, 0.1) is 55.2 Å². The molecule has 0 aliphatic heterocycles. The van der Waals surface area contributed by atoms with E-state index in [1.807, 2.05) is 62.3 Å². The second kappa shape index (κ2) is 15.2. The van der Waals surface area contributed by atoms with Crippen LogP contribution in [0.1, 0.15) is 194 Å². The summed E-state index contributed by atoms with van der Waals surface area (Å²) in [6, 6.07) is 0. The fourth-order valence-electron chi connectivity index (χ4n) is 4.82. The molecule has 0 radical (unpaired) electrons. The lowest BCUT2D eigenvalue weighted by Gasteiger charge is -2.57. The van der Waals surface area contributed by atoms with Crippen LogP contribution in [0.5, 0.6) is 0 Å². The van der Waals surface area contributed by atoms with E-state index < -0.39 is 11.0 Å². The van der Waals surface area contributed by atoms with Gasteiger partial charge in [-0.1, -0.05) is 138 Å². The number of esters is 2. The van der Waals surface area contributed by atoms with Crippen molar-refractivity contribution in [1.82, 2.24) is 0 Å². The van der Waals surface area contributed by atoms with E-state index in [4.69, 9.17) is 9.47 Å². The molecule has 0 N–H and O–H groups in total. The number of hydrogen-bond donors (Lipinski definition) is 0. The van der Waals surface area contributed by atoms with Gasteiger partial charge in [0.05, 0.1) is 11.3 Å². The average molecular weight is 655 g/mol. The van der Waals surface area contributed by atoms with E-state index in [9.17, 15) is 9.59 Å². The van der Waals surface area contributed by atoms with Gasteiger partial charge in [-0.25, -0.2) is 0 Å². The average Bonchev–Trinajstić information content (AvgIpc) is 2.73. The summed E-state index contributed by atoms with van der Waals surface area (Å²) >= 11 is 0. The molecule has 0 saturated heterocycles. The lowest BCUT2D eigenvalue weighted by Crippen LogP contribution is -2.49. The van der Waals surface area contributed by atoms with Crippen LogP contribution < -0.4 is 0 Å². The van der Waals surface area contributed by atoms with E-state index >= 15 is 0 Å². The molecule has 2 unspecified atom stereocenters. The van der Waals surface area contributed by atoms with Crippen molar-refractivity contribution in [3.05, 3.63) is 0 Å². The molecule has 0 aliphatic carbocycles. The zero-order chi connectivity index (χ0) is 38.7. The Morgan fingerprint density at radius 2 is 0.674 bits per heavy atom. The number of ether oxygens (including phenoxy) is 2. The minimum Gasteiger partial charge on any atom is -0.460 e. The lowest BCUT2D eigenvalue weighted by molar-refractivity contribution is -0.178. The van der Waals surface area contributed by atoms with Crippen molar-refractivity contribution in [1.29, 1.82) is 0 Å². The van der Waals surface area contributed by atoms with Crippen molar-refractivity contribution in [2.24, 2.45) is 55.2 Å².